The van der Waals surface area contributed by atoms with E-state index in [0.717, 1.165) is 47.2 Å². The Hall–Kier alpha value is -3.48. The third-order valence-corrected chi connectivity index (χ3v) is 6.08. The van der Waals surface area contributed by atoms with Gasteiger partial charge in [0.05, 0.1) is 11.0 Å². The van der Waals surface area contributed by atoms with E-state index in [1.165, 1.54) is 19.3 Å². The molecule has 0 bridgehead atoms. The summed E-state index contributed by atoms with van der Waals surface area (Å²) >= 11 is 0. The number of imidazole rings is 1. The monoisotopic (exact) mass is 428 g/mol. The highest BCUT2D eigenvalue weighted by Crippen LogP contribution is 2.22. The molecular weight excluding hydrogens is 400 g/mol. The molecule has 7 nitrogen and oxygen atoms in total. The van der Waals surface area contributed by atoms with Gasteiger partial charge in [-0.25, -0.2) is 4.98 Å². The van der Waals surface area contributed by atoms with Gasteiger partial charge in [0.2, 0.25) is 5.91 Å². The minimum atomic E-state index is 0.0345. The van der Waals surface area contributed by atoms with Crippen molar-refractivity contribution in [1.29, 1.82) is 0 Å². The van der Waals surface area contributed by atoms with Gasteiger partial charge in [-0.15, -0.1) is 10.2 Å². The van der Waals surface area contributed by atoms with Gasteiger partial charge in [0.1, 0.15) is 17.5 Å². The number of rotatable bonds is 7. The van der Waals surface area contributed by atoms with Crippen LogP contribution in [0.3, 0.4) is 0 Å². The fourth-order valence-electron chi connectivity index (χ4n) is 4.47. The Kier molecular flexibility index (Phi) is 5.96. The summed E-state index contributed by atoms with van der Waals surface area (Å²) in [5.74, 6) is 3.00. The van der Waals surface area contributed by atoms with E-state index in [1.54, 1.807) is 0 Å². The highest BCUT2D eigenvalue weighted by molar-refractivity contribution is 5.79. The average molecular weight is 429 g/mol. The molecule has 0 saturated heterocycles. The van der Waals surface area contributed by atoms with Crippen molar-refractivity contribution < 1.29 is 4.79 Å². The van der Waals surface area contributed by atoms with Gasteiger partial charge in [0.15, 0.2) is 0 Å². The number of nitrogens with one attached hydrogen (secondary N) is 1. The standard InChI is InChI=1S/C25H28N6O/c32-25(26-17-16-24-29-28-23-13-5-2-8-18-30(23)24)15-14-22-27-20-11-6-7-12-21(20)31(22)19-9-3-1-4-10-19/h1,3-4,6-7,9-12H,2,5,8,13-18H2,(H,26,32). The molecule has 4 aromatic rings. The number of fused-ring (bicyclic) bond motifs is 2. The summed E-state index contributed by atoms with van der Waals surface area (Å²) in [6.07, 6.45) is 6.29. The molecule has 1 aliphatic rings. The number of amides is 1. The Labute approximate surface area is 187 Å². The molecule has 2 aromatic carbocycles. The van der Waals surface area contributed by atoms with Gasteiger partial charge in [-0.05, 0) is 37.1 Å². The van der Waals surface area contributed by atoms with Gasteiger partial charge in [-0.2, -0.15) is 0 Å². The van der Waals surface area contributed by atoms with Crippen LogP contribution in [0.5, 0.6) is 0 Å². The minimum Gasteiger partial charge on any atom is -0.356 e. The van der Waals surface area contributed by atoms with Crippen LogP contribution >= 0.6 is 0 Å². The van der Waals surface area contributed by atoms with E-state index in [4.69, 9.17) is 4.98 Å². The minimum absolute atomic E-state index is 0.0345. The molecule has 0 saturated carbocycles. The molecule has 0 aliphatic carbocycles. The van der Waals surface area contributed by atoms with Crippen LogP contribution in [-0.2, 0) is 30.6 Å². The van der Waals surface area contributed by atoms with Gasteiger partial charge in [-0.1, -0.05) is 36.8 Å². The van der Waals surface area contributed by atoms with Gasteiger partial charge in [0, 0.05) is 44.5 Å². The zero-order valence-electron chi connectivity index (χ0n) is 18.2. The van der Waals surface area contributed by atoms with Crippen molar-refractivity contribution >= 4 is 16.9 Å². The van der Waals surface area contributed by atoms with Crippen LogP contribution in [0.2, 0.25) is 0 Å². The normalized spacial score (nSPS) is 13.6. The van der Waals surface area contributed by atoms with Crippen molar-refractivity contribution in [3.8, 4) is 5.69 Å². The zero-order valence-corrected chi connectivity index (χ0v) is 18.2. The number of aryl methyl sites for hydroxylation is 2. The smallest absolute Gasteiger partial charge is 0.220 e. The Bertz CT molecular complexity index is 1210. The summed E-state index contributed by atoms with van der Waals surface area (Å²) in [4.78, 5) is 17.4. The van der Waals surface area contributed by atoms with Crippen LogP contribution in [-0.4, -0.2) is 36.8 Å². The predicted octanol–water partition coefficient (Wildman–Crippen LogP) is 3.63. The predicted molar refractivity (Wildman–Crippen MR) is 124 cm³/mol. The number of aromatic nitrogens is 5. The maximum atomic E-state index is 12.6. The molecule has 0 radical (unpaired) electrons. The summed E-state index contributed by atoms with van der Waals surface area (Å²) in [5.41, 5.74) is 3.06. The summed E-state index contributed by atoms with van der Waals surface area (Å²) in [5, 5.41) is 11.7. The highest BCUT2D eigenvalue weighted by atomic mass is 16.1. The first-order chi connectivity index (χ1) is 15.8. The second-order valence-electron chi connectivity index (χ2n) is 8.28. The molecule has 164 valence electrons. The fourth-order valence-corrected chi connectivity index (χ4v) is 4.47. The molecule has 0 atom stereocenters. The number of hydrogen-bond donors (Lipinski definition) is 1. The Balaban J connectivity index is 1.22. The maximum Gasteiger partial charge on any atom is 0.220 e. The maximum absolute atomic E-state index is 12.6. The van der Waals surface area contributed by atoms with Gasteiger partial charge >= 0.3 is 0 Å². The lowest BCUT2D eigenvalue weighted by molar-refractivity contribution is -0.121. The molecule has 0 unspecified atom stereocenters. The Morgan fingerprint density at radius 1 is 0.906 bits per heavy atom. The molecule has 1 amide bonds. The SMILES string of the molecule is O=C(CCc1nc2ccccc2n1-c1ccccc1)NCCc1nnc2n1CCCCC2. The Morgan fingerprint density at radius 2 is 1.75 bits per heavy atom. The van der Waals surface area contributed by atoms with Crippen LogP contribution < -0.4 is 5.32 Å². The number of carbonyl (C=O) groups is 1. The lowest BCUT2D eigenvalue weighted by atomic mass is 10.2. The number of carbonyl (C=O) groups excluding carboxylic acids is 1. The van der Waals surface area contributed by atoms with E-state index in [-0.39, 0.29) is 5.91 Å². The van der Waals surface area contributed by atoms with Gasteiger partial charge in [0.25, 0.3) is 0 Å². The lowest BCUT2D eigenvalue weighted by Crippen LogP contribution is -2.27. The van der Waals surface area contributed by atoms with Crippen molar-refractivity contribution in [3.63, 3.8) is 0 Å². The number of benzene rings is 2. The molecule has 3 heterocycles. The van der Waals surface area contributed by atoms with Gasteiger partial charge < -0.3 is 9.88 Å². The van der Waals surface area contributed by atoms with Crippen molar-refractivity contribution in [2.24, 2.45) is 0 Å². The first kappa shape index (κ1) is 20.4. The second kappa shape index (κ2) is 9.34. The van der Waals surface area contributed by atoms with Crippen LogP contribution in [0.15, 0.2) is 54.6 Å². The van der Waals surface area contributed by atoms with E-state index in [1.807, 2.05) is 36.4 Å². The summed E-state index contributed by atoms with van der Waals surface area (Å²) < 4.78 is 4.38. The van der Waals surface area contributed by atoms with E-state index in [2.05, 4.69) is 42.8 Å². The number of para-hydroxylation sites is 3. The third kappa shape index (κ3) is 4.28. The van der Waals surface area contributed by atoms with E-state index in [0.29, 0.717) is 25.8 Å². The molecular formula is C25H28N6O. The quantitative estimate of drug-likeness (QED) is 0.488. The van der Waals surface area contributed by atoms with Crippen molar-refractivity contribution in [2.75, 3.05) is 6.54 Å². The van der Waals surface area contributed by atoms with E-state index < -0.39 is 0 Å². The largest absolute Gasteiger partial charge is 0.356 e. The zero-order chi connectivity index (χ0) is 21.8. The molecule has 0 fully saturated rings. The number of hydrogen-bond acceptors (Lipinski definition) is 4. The molecule has 5 rings (SSSR count). The second-order valence-corrected chi connectivity index (χ2v) is 8.28. The highest BCUT2D eigenvalue weighted by Gasteiger charge is 2.16. The van der Waals surface area contributed by atoms with Crippen LogP contribution in [0.25, 0.3) is 16.7 Å². The lowest BCUT2D eigenvalue weighted by Gasteiger charge is -2.10. The topological polar surface area (TPSA) is 77.6 Å². The Morgan fingerprint density at radius 3 is 2.66 bits per heavy atom. The first-order valence-corrected chi connectivity index (χ1v) is 11.5. The number of nitrogens with zero attached hydrogens (tertiary/aromatic N) is 5. The molecule has 0 spiro atoms. The van der Waals surface area contributed by atoms with E-state index >= 15 is 0 Å². The molecule has 1 aliphatic heterocycles. The van der Waals surface area contributed by atoms with Crippen molar-refractivity contribution in [2.45, 2.75) is 51.5 Å². The molecule has 2 aromatic heterocycles. The van der Waals surface area contributed by atoms with Crippen LogP contribution in [0.1, 0.15) is 43.2 Å². The van der Waals surface area contributed by atoms with Crippen LogP contribution in [0, 0.1) is 0 Å². The third-order valence-electron chi connectivity index (χ3n) is 6.08. The van der Waals surface area contributed by atoms with Gasteiger partial charge in [-0.3, -0.25) is 9.36 Å². The molecule has 7 heteroatoms. The first-order valence-electron chi connectivity index (χ1n) is 11.5. The summed E-state index contributed by atoms with van der Waals surface area (Å²) in [7, 11) is 0. The van der Waals surface area contributed by atoms with Crippen molar-refractivity contribution in [3.05, 3.63) is 72.1 Å². The van der Waals surface area contributed by atoms with Crippen molar-refractivity contribution in [1.82, 2.24) is 29.6 Å². The average Bonchev–Trinajstić information content (AvgIpc) is 3.30. The van der Waals surface area contributed by atoms with Crippen LogP contribution in [0.4, 0.5) is 0 Å². The summed E-state index contributed by atoms with van der Waals surface area (Å²) in [6, 6.07) is 18.3. The molecule has 1 N–H and O–H groups in total. The molecule has 32 heavy (non-hydrogen) atoms. The van der Waals surface area contributed by atoms with E-state index in [9.17, 15) is 4.79 Å². The summed E-state index contributed by atoms with van der Waals surface area (Å²) in [6.45, 7) is 1.56. The fraction of sp³-hybridized carbons (Fsp3) is 0.360.